The van der Waals surface area contributed by atoms with Crippen LogP contribution in [-0.2, 0) is 0 Å². The molecule has 0 aliphatic carbocycles. The first-order valence-electron chi connectivity index (χ1n) is 6.90. The van der Waals surface area contributed by atoms with Crippen molar-refractivity contribution >= 4 is 23.1 Å². The van der Waals surface area contributed by atoms with Crippen molar-refractivity contribution in [2.45, 2.75) is 48.9 Å². The van der Waals surface area contributed by atoms with Gasteiger partial charge in [-0.05, 0) is 38.4 Å². The molecule has 1 atom stereocenters. The van der Waals surface area contributed by atoms with Gasteiger partial charge >= 0.3 is 0 Å². The van der Waals surface area contributed by atoms with E-state index in [4.69, 9.17) is 0 Å². The molecule has 1 unspecified atom stereocenters. The molecule has 0 aliphatic heterocycles. The van der Waals surface area contributed by atoms with Crippen LogP contribution >= 0.6 is 23.1 Å². The second-order valence-corrected chi connectivity index (χ2v) is 7.03. The van der Waals surface area contributed by atoms with Crippen molar-refractivity contribution in [1.82, 2.24) is 20.5 Å². The van der Waals surface area contributed by atoms with Crippen molar-refractivity contribution < 1.29 is 0 Å². The van der Waals surface area contributed by atoms with E-state index in [1.165, 1.54) is 0 Å². The largest absolute Gasteiger partial charge is 0.309 e. The SMILES string of the molecule is CCCNC(CC)c1ccc(Sc2nnc(C)s2)cn1. The van der Waals surface area contributed by atoms with Crippen molar-refractivity contribution in [3.05, 3.63) is 29.0 Å². The fourth-order valence-electron chi connectivity index (χ4n) is 1.86. The Morgan fingerprint density at radius 2 is 2.15 bits per heavy atom. The second-order valence-electron chi connectivity index (χ2n) is 4.52. The Morgan fingerprint density at radius 3 is 2.70 bits per heavy atom. The van der Waals surface area contributed by atoms with Gasteiger partial charge in [0.15, 0.2) is 4.34 Å². The molecule has 0 aliphatic rings. The van der Waals surface area contributed by atoms with Gasteiger partial charge in [0.05, 0.1) is 5.69 Å². The van der Waals surface area contributed by atoms with E-state index in [0.29, 0.717) is 6.04 Å². The van der Waals surface area contributed by atoms with Crippen LogP contribution in [0.15, 0.2) is 27.6 Å². The minimum absolute atomic E-state index is 0.345. The summed E-state index contributed by atoms with van der Waals surface area (Å²) >= 11 is 3.23. The summed E-state index contributed by atoms with van der Waals surface area (Å²) in [4.78, 5) is 5.69. The second kappa shape index (κ2) is 7.71. The van der Waals surface area contributed by atoms with Crippen LogP contribution in [0.1, 0.15) is 43.4 Å². The third-order valence-corrected chi connectivity index (χ3v) is 4.74. The first-order valence-corrected chi connectivity index (χ1v) is 8.53. The van der Waals surface area contributed by atoms with Gasteiger partial charge < -0.3 is 5.32 Å². The number of nitrogens with zero attached hydrogens (tertiary/aromatic N) is 3. The molecule has 0 bridgehead atoms. The third kappa shape index (κ3) is 4.26. The lowest BCUT2D eigenvalue weighted by molar-refractivity contribution is 0.507. The molecule has 108 valence electrons. The van der Waals surface area contributed by atoms with E-state index in [1.54, 1.807) is 23.1 Å². The number of pyridine rings is 1. The van der Waals surface area contributed by atoms with Gasteiger partial charge in [0.1, 0.15) is 5.01 Å². The zero-order valence-electron chi connectivity index (χ0n) is 12.1. The molecule has 0 aromatic carbocycles. The maximum atomic E-state index is 4.58. The van der Waals surface area contributed by atoms with E-state index in [-0.39, 0.29) is 0 Å². The molecule has 20 heavy (non-hydrogen) atoms. The third-order valence-electron chi connectivity index (χ3n) is 2.88. The van der Waals surface area contributed by atoms with E-state index in [9.17, 15) is 0 Å². The standard InChI is InChI=1S/C14H20N4S2/c1-4-8-15-12(5-2)13-7-6-11(9-16-13)20-14-18-17-10(3)19-14/h6-7,9,12,15H,4-5,8H2,1-3H3. The predicted molar refractivity (Wildman–Crippen MR) is 84.3 cm³/mol. The van der Waals surface area contributed by atoms with Gasteiger partial charge in [-0.25, -0.2) is 0 Å². The van der Waals surface area contributed by atoms with Crippen LogP contribution in [0.2, 0.25) is 0 Å². The first-order chi connectivity index (χ1) is 9.72. The Hall–Kier alpha value is -0.980. The molecule has 0 amide bonds. The van der Waals surface area contributed by atoms with Crippen LogP contribution in [0.25, 0.3) is 0 Å². The molecule has 1 N–H and O–H groups in total. The van der Waals surface area contributed by atoms with Crippen molar-refractivity contribution in [1.29, 1.82) is 0 Å². The monoisotopic (exact) mass is 308 g/mol. The molecular formula is C14H20N4S2. The molecule has 0 spiro atoms. The Bertz CT molecular complexity index is 524. The highest BCUT2D eigenvalue weighted by molar-refractivity contribution is 8.01. The smallest absolute Gasteiger partial charge is 0.179 e. The maximum Gasteiger partial charge on any atom is 0.179 e. The van der Waals surface area contributed by atoms with Gasteiger partial charge in [-0.2, -0.15) is 0 Å². The Morgan fingerprint density at radius 1 is 1.30 bits per heavy atom. The summed E-state index contributed by atoms with van der Waals surface area (Å²) in [6.07, 6.45) is 4.11. The van der Waals surface area contributed by atoms with Gasteiger partial charge in [0.2, 0.25) is 0 Å². The molecule has 6 heteroatoms. The number of hydrogen-bond acceptors (Lipinski definition) is 6. The molecule has 2 aromatic heterocycles. The van der Waals surface area contributed by atoms with Crippen molar-refractivity contribution in [3.8, 4) is 0 Å². The summed E-state index contributed by atoms with van der Waals surface area (Å²) in [5, 5.41) is 12.7. The summed E-state index contributed by atoms with van der Waals surface area (Å²) in [5.74, 6) is 0. The fourth-order valence-corrected chi connectivity index (χ4v) is 3.61. The molecule has 0 radical (unpaired) electrons. The van der Waals surface area contributed by atoms with Crippen molar-refractivity contribution in [3.63, 3.8) is 0 Å². The summed E-state index contributed by atoms with van der Waals surface area (Å²) in [6.45, 7) is 7.35. The number of nitrogens with one attached hydrogen (secondary N) is 1. The molecule has 0 saturated heterocycles. The van der Waals surface area contributed by atoms with Crippen LogP contribution in [0, 0.1) is 6.92 Å². The quantitative estimate of drug-likeness (QED) is 0.842. The molecule has 2 heterocycles. The fraction of sp³-hybridized carbons (Fsp3) is 0.500. The normalized spacial score (nSPS) is 12.6. The van der Waals surface area contributed by atoms with Crippen LogP contribution < -0.4 is 5.32 Å². The highest BCUT2D eigenvalue weighted by Gasteiger charge is 2.10. The number of aryl methyl sites for hydroxylation is 1. The van der Waals surface area contributed by atoms with Crippen LogP contribution in [0.3, 0.4) is 0 Å². The Kier molecular flexibility index (Phi) is 5.94. The summed E-state index contributed by atoms with van der Waals surface area (Å²) < 4.78 is 0.966. The lowest BCUT2D eigenvalue weighted by atomic mass is 10.1. The average Bonchev–Trinajstić information content (AvgIpc) is 2.86. The average molecular weight is 308 g/mol. The van der Waals surface area contributed by atoms with Gasteiger partial charge in [0.25, 0.3) is 0 Å². The van der Waals surface area contributed by atoms with E-state index in [2.05, 4.69) is 46.5 Å². The lowest BCUT2D eigenvalue weighted by Crippen LogP contribution is -2.22. The van der Waals surface area contributed by atoms with Gasteiger partial charge in [0, 0.05) is 17.1 Å². The molecule has 0 fully saturated rings. The van der Waals surface area contributed by atoms with Gasteiger partial charge in [-0.15, -0.1) is 10.2 Å². The number of rotatable bonds is 7. The number of aromatic nitrogens is 3. The zero-order chi connectivity index (χ0) is 14.4. The molecular weight excluding hydrogens is 288 g/mol. The maximum absolute atomic E-state index is 4.58. The van der Waals surface area contributed by atoms with Crippen LogP contribution in [0.5, 0.6) is 0 Å². The minimum Gasteiger partial charge on any atom is -0.309 e. The molecule has 2 rings (SSSR count). The van der Waals surface area contributed by atoms with Gasteiger partial charge in [-0.1, -0.05) is 36.9 Å². The van der Waals surface area contributed by atoms with E-state index < -0.39 is 0 Å². The lowest BCUT2D eigenvalue weighted by Gasteiger charge is -2.16. The van der Waals surface area contributed by atoms with Crippen molar-refractivity contribution in [2.24, 2.45) is 0 Å². The highest BCUT2D eigenvalue weighted by Crippen LogP contribution is 2.29. The van der Waals surface area contributed by atoms with Gasteiger partial charge in [-0.3, -0.25) is 4.98 Å². The summed E-state index contributed by atoms with van der Waals surface area (Å²) in [7, 11) is 0. The Labute approximate surface area is 128 Å². The molecule has 4 nitrogen and oxygen atoms in total. The van der Waals surface area contributed by atoms with E-state index in [1.807, 2.05) is 13.1 Å². The number of hydrogen-bond donors (Lipinski definition) is 1. The van der Waals surface area contributed by atoms with Crippen LogP contribution in [-0.4, -0.2) is 21.7 Å². The van der Waals surface area contributed by atoms with Crippen LogP contribution in [0.4, 0.5) is 0 Å². The predicted octanol–water partition coefficient (Wildman–Crippen LogP) is 3.84. The first kappa shape index (κ1) is 15.4. The minimum atomic E-state index is 0.345. The van der Waals surface area contributed by atoms with E-state index in [0.717, 1.165) is 39.3 Å². The zero-order valence-corrected chi connectivity index (χ0v) is 13.7. The topological polar surface area (TPSA) is 50.7 Å². The summed E-state index contributed by atoms with van der Waals surface area (Å²) in [5.41, 5.74) is 1.11. The Balaban J connectivity index is 2.01. The highest BCUT2D eigenvalue weighted by atomic mass is 32.2. The van der Waals surface area contributed by atoms with E-state index >= 15 is 0 Å². The molecule has 2 aromatic rings. The summed E-state index contributed by atoms with van der Waals surface area (Å²) in [6, 6.07) is 4.56. The van der Waals surface area contributed by atoms with Crippen molar-refractivity contribution in [2.75, 3.05) is 6.54 Å². The molecule has 0 saturated carbocycles.